The van der Waals surface area contributed by atoms with Crippen LogP contribution in [0.1, 0.15) is 21.5 Å². The number of pyridine rings is 1. The van der Waals surface area contributed by atoms with Gasteiger partial charge in [0, 0.05) is 37.2 Å². The normalized spacial score (nSPS) is 13.2. The van der Waals surface area contributed by atoms with Crippen LogP contribution >= 0.6 is 0 Å². The topological polar surface area (TPSA) is 62.3 Å². The zero-order chi connectivity index (χ0) is 14.8. The average Bonchev–Trinajstić information content (AvgIpc) is 2.80. The summed E-state index contributed by atoms with van der Waals surface area (Å²) in [5.74, 6) is -0.0333. The van der Waals surface area contributed by atoms with E-state index in [2.05, 4.69) is 10.3 Å². The third-order valence-electron chi connectivity index (χ3n) is 3.62. The maximum Gasteiger partial charge on any atom is 0.251 e. The molecule has 1 aromatic carbocycles. The van der Waals surface area contributed by atoms with Crippen LogP contribution in [0.25, 0.3) is 0 Å². The van der Waals surface area contributed by atoms with Gasteiger partial charge >= 0.3 is 0 Å². The molecule has 1 aliphatic rings. The monoisotopic (exact) mass is 281 g/mol. The lowest BCUT2D eigenvalue weighted by Gasteiger charge is -2.11. The molecule has 0 bridgehead atoms. The van der Waals surface area contributed by atoms with Crippen LogP contribution < -0.4 is 10.2 Å². The molecule has 0 atom stereocenters. The second-order valence-electron chi connectivity index (χ2n) is 5.01. The zero-order valence-corrected chi connectivity index (χ0v) is 11.7. The summed E-state index contributed by atoms with van der Waals surface area (Å²) in [5.41, 5.74) is 3.53. The van der Waals surface area contributed by atoms with Crippen molar-refractivity contribution in [2.24, 2.45) is 0 Å². The Labute approximate surface area is 122 Å². The molecule has 0 saturated heterocycles. The first-order chi connectivity index (χ1) is 10.1. The molecule has 2 heterocycles. The van der Waals surface area contributed by atoms with Gasteiger partial charge in [-0.1, -0.05) is 12.1 Å². The Morgan fingerprint density at radius 1 is 1.29 bits per heavy atom. The van der Waals surface area contributed by atoms with E-state index in [4.69, 9.17) is 0 Å². The Hall–Kier alpha value is -2.69. The van der Waals surface area contributed by atoms with Crippen LogP contribution in [-0.4, -0.2) is 23.8 Å². The fraction of sp³-hybridized carbons (Fsp3) is 0.188. The van der Waals surface area contributed by atoms with E-state index in [1.54, 1.807) is 36.5 Å². The summed E-state index contributed by atoms with van der Waals surface area (Å²) in [7, 11) is 1.78. The number of nitrogens with zero attached hydrogens (tertiary/aromatic N) is 2. The van der Waals surface area contributed by atoms with E-state index in [-0.39, 0.29) is 11.8 Å². The molecule has 3 rings (SSSR count). The number of rotatable bonds is 3. The summed E-state index contributed by atoms with van der Waals surface area (Å²) in [4.78, 5) is 29.1. The first-order valence-electron chi connectivity index (χ1n) is 6.72. The van der Waals surface area contributed by atoms with Gasteiger partial charge in [-0.15, -0.1) is 0 Å². The fourth-order valence-electron chi connectivity index (χ4n) is 2.42. The van der Waals surface area contributed by atoms with E-state index >= 15 is 0 Å². The first-order valence-corrected chi connectivity index (χ1v) is 6.72. The van der Waals surface area contributed by atoms with Crippen LogP contribution in [0, 0.1) is 0 Å². The molecule has 1 aliphatic heterocycles. The number of hydrogen-bond acceptors (Lipinski definition) is 3. The van der Waals surface area contributed by atoms with Gasteiger partial charge in [0.1, 0.15) is 0 Å². The molecule has 0 saturated carbocycles. The van der Waals surface area contributed by atoms with Crippen LogP contribution in [0.4, 0.5) is 5.69 Å². The molecule has 5 heteroatoms. The lowest BCUT2D eigenvalue weighted by molar-refractivity contribution is -0.117. The Balaban J connectivity index is 1.69. The Morgan fingerprint density at radius 2 is 2.05 bits per heavy atom. The molecule has 0 aliphatic carbocycles. The maximum atomic E-state index is 12.0. The summed E-state index contributed by atoms with van der Waals surface area (Å²) >= 11 is 0. The fourth-order valence-corrected chi connectivity index (χ4v) is 2.42. The molecule has 0 radical (unpaired) electrons. The molecule has 2 amide bonds. The molecule has 1 aromatic heterocycles. The highest BCUT2D eigenvalue weighted by Gasteiger charge is 2.23. The van der Waals surface area contributed by atoms with Crippen molar-refractivity contribution in [3.63, 3.8) is 0 Å². The van der Waals surface area contributed by atoms with Gasteiger partial charge in [0.15, 0.2) is 0 Å². The molecular formula is C16H15N3O2. The van der Waals surface area contributed by atoms with E-state index in [9.17, 15) is 9.59 Å². The molecule has 21 heavy (non-hydrogen) atoms. The number of fused-ring (bicyclic) bond motifs is 1. The minimum Gasteiger partial charge on any atom is -0.348 e. The summed E-state index contributed by atoms with van der Waals surface area (Å²) in [5, 5.41) is 2.86. The van der Waals surface area contributed by atoms with Gasteiger partial charge in [-0.25, -0.2) is 0 Å². The summed E-state index contributed by atoms with van der Waals surface area (Å²) in [6.07, 6.45) is 3.61. The molecule has 1 N–H and O–H groups in total. The molecule has 0 fully saturated rings. The number of nitrogens with one attached hydrogen (secondary N) is 1. The molecular weight excluding hydrogens is 266 g/mol. The van der Waals surface area contributed by atoms with E-state index in [0.29, 0.717) is 18.5 Å². The van der Waals surface area contributed by atoms with Gasteiger partial charge in [-0.3, -0.25) is 14.6 Å². The van der Waals surface area contributed by atoms with Crippen LogP contribution in [0.15, 0.2) is 42.7 Å². The van der Waals surface area contributed by atoms with Crippen molar-refractivity contribution in [1.29, 1.82) is 0 Å². The number of hydrogen-bond donors (Lipinski definition) is 1. The SMILES string of the molecule is CN1C(=O)Cc2cc(CNC(=O)c3ccncc3)ccc21. The van der Waals surface area contributed by atoms with Crippen molar-refractivity contribution in [2.45, 2.75) is 13.0 Å². The smallest absolute Gasteiger partial charge is 0.251 e. The molecule has 0 spiro atoms. The van der Waals surface area contributed by atoms with Crippen LogP contribution in [-0.2, 0) is 17.8 Å². The summed E-state index contributed by atoms with van der Waals surface area (Å²) in [6.45, 7) is 0.437. The third-order valence-corrected chi connectivity index (χ3v) is 3.62. The second kappa shape index (κ2) is 5.36. The van der Waals surface area contributed by atoms with Crippen molar-refractivity contribution in [1.82, 2.24) is 10.3 Å². The predicted octanol–water partition coefficient (Wildman–Crippen LogP) is 1.53. The Kier molecular flexibility index (Phi) is 3.39. The zero-order valence-electron chi connectivity index (χ0n) is 11.7. The number of benzene rings is 1. The van der Waals surface area contributed by atoms with E-state index < -0.39 is 0 Å². The lowest BCUT2D eigenvalue weighted by Crippen LogP contribution is -2.22. The predicted molar refractivity (Wildman–Crippen MR) is 79.0 cm³/mol. The standard InChI is InChI=1S/C16H15N3O2/c1-19-14-3-2-11(8-13(14)9-15(19)20)10-18-16(21)12-4-6-17-7-5-12/h2-8H,9-10H2,1H3,(H,18,21). The van der Waals surface area contributed by atoms with Crippen molar-refractivity contribution in [3.05, 3.63) is 59.4 Å². The maximum absolute atomic E-state index is 12.0. The minimum absolute atomic E-state index is 0.1000. The number of likely N-dealkylation sites (N-methyl/N-ethyl adjacent to an activating group) is 1. The Morgan fingerprint density at radius 3 is 2.81 bits per heavy atom. The van der Waals surface area contributed by atoms with Crippen molar-refractivity contribution < 1.29 is 9.59 Å². The molecule has 106 valence electrons. The van der Waals surface area contributed by atoms with Crippen LogP contribution in [0.3, 0.4) is 0 Å². The second-order valence-corrected chi connectivity index (χ2v) is 5.01. The van der Waals surface area contributed by atoms with E-state index in [1.165, 1.54) is 0 Å². The van der Waals surface area contributed by atoms with Crippen molar-refractivity contribution in [3.8, 4) is 0 Å². The minimum atomic E-state index is -0.133. The lowest BCUT2D eigenvalue weighted by atomic mass is 10.1. The molecule has 0 unspecified atom stereocenters. The summed E-state index contributed by atoms with van der Waals surface area (Å²) in [6, 6.07) is 9.18. The number of aromatic nitrogens is 1. The van der Waals surface area contributed by atoms with Gasteiger partial charge in [0.2, 0.25) is 5.91 Å². The largest absolute Gasteiger partial charge is 0.348 e. The van der Waals surface area contributed by atoms with Crippen molar-refractivity contribution in [2.75, 3.05) is 11.9 Å². The average molecular weight is 281 g/mol. The van der Waals surface area contributed by atoms with Gasteiger partial charge in [0.25, 0.3) is 5.91 Å². The first kappa shape index (κ1) is 13.3. The highest BCUT2D eigenvalue weighted by molar-refractivity contribution is 6.01. The van der Waals surface area contributed by atoms with Gasteiger partial charge in [-0.05, 0) is 29.3 Å². The number of carbonyl (C=O) groups is 2. The number of carbonyl (C=O) groups excluding carboxylic acids is 2. The molecule has 2 aromatic rings. The Bertz CT molecular complexity index is 698. The van der Waals surface area contributed by atoms with E-state index in [0.717, 1.165) is 16.8 Å². The van der Waals surface area contributed by atoms with Gasteiger partial charge in [0.05, 0.1) is 6.42 Å². The van der Waals surface area contributed by atoms with Crippen LogP contribution in [0.2, 0.25) is 0 Å². The third kappa shape index (κ3) is 2.63. The van der Waals surface area contributed by atoms with Gasteiger partial charge in [-0.2, -0.15) is 0 Å². The highest BCUT2D eigenvalue weighted by Crippen LogP contribution is 2.28. The van der Waals surface area contributed by atoms with Crippen LogP contribution in [0.5, 0.6) is 0 Å². The summed E-state index contributed by atoms with van der Waals surface area (Å²) < 4.78 is 0. The number of amides is 2. The van der Waals surface area contributed by atoms with Gasteiger partial charge < -0.3 is 10.2 Å². The quantitative estimate of drug-likeness (QED) is 0.928. The number of anilines is 1. The van der Waals surface area contributed by atoms with Crippen molar-refractivity contribution >= 4 is 17.5 Å². The molecule has 5 nitrogen and oxygen atoms in total. The highest BCUT2D eigenvalue weighted by atomic mass is 16.2. The van der Waals surface area contributed by atoms with E-state index in [1.807, 2.05) is 18.2 Å².